The summed E-state index contributed by atoms with van der Waals surface area (Å²) in [6, 6.07) is 18.5. The molecule has 138 valence electrons. The summed E-state index contributed by atoms with van der Waals surface area (Å²) in [4.78, 5) is 24.0. The molecule has 3 rings (SSSR count). The Labute approximate surface area is 158 Å². The van der Waals surface area contributed by atoms with Gasteiger partial charge in [0, 0.05) is 11.6 Å². The first kappa shape index (κ1) is 18.6. The number of benzene rings is 2. The molecule has 0 saturated heterocycles. The van der Waals surface area contributed by atoms with Crippen molar-refractivity contribution in [1.82, 2.24) is 9.78 Å². The summed E-state index contributed by atoms with van der Waals surface area (Å²) < 4.78 is 6.16. The maximum Gasteiger partial charge on any atom is 0.337 e. The number of esters is 1. The van der Waals surface area contributed by atoms with Gasteiger partial charge in [0.1, 0.15) is 0 Å². The molecule has 0 aliphatic heterocycles. The molecular weight excluding hydrogens is 340 g/mol. The second-order valence-corrected chi connectivity index (χ2v) is 6.36. The minimum Gasteiger partial charge on any atom is -0.465 e. The highest BCUT2D eigenvalue weighted by atomic mass is 16.5. The van der Waals surface area contributed by atoms with Crippen molar-refractivity contribution >= 4 is 5.97 Å². The summed E-state index contributed by atoms with van der Waals surface area (Å²) in [6.07, 6.45) is 2.08. The zero-order chi connectivity index (χ0) is 19.2. The molecule has 5 nitrogen and oxygen atoms in total. The highest BCUT2D eigenvalue weighted by Gasteiger charge is 2.08. The van der Waals surface area contributed by atoms with Gasteiger partial charge in [-0.2, -0.15) is 5.10 Å². The van der Waals surface area contributed by atoms with E-state index >= 15 is 0 Å². The molecule has 0 unspecified atom stereocenters. The Morgan fingerprint density at radius 3 is 2.59 bits per heavy atom. The number of carbonyl (C=O) groups is 1. The third-order valence-corrected chi connectivity index (χ3v) is 4.31. The lowest BCUT2D eigenvalue weighted by atomic mass is 10.0. The number of ether oxygens (including phenoxy) is 1. The van der Waals surface area contributed by atoms with Gasteiger partial charge in [0.15, 0.2) is 0 Å². The summed E-state index contributed by atoms with van der Waals surface area (Å²) in [5, 5.41) is 4.52. The predicted octanol–water partition coefficient (Wildman–Crippen LogP) is 3.70. The van der Waals surface area contributed by atoms with Crippen molar-refractivity contribution in [2.45, 2.75) is 26.3 Å². The van der Waals surface area contributed by atoms with Crippen molar-refractivity contribution in [3.8, 4) is 11.3 Å². The zero-order valence-corrected chi connectivity index (χ0v) is 15.5. The van der Waals surface area contributed by atoms with E-state index in [1.54, 1.807) is 24.3 Å². The number of carbonyl (C=O) groups excluding carboxylic acids is 1. The van der Waals surface area contributed by atoms with Crippen LogP contribution in [-0.4, -0.2) is 22.9 Å². The van der Waals surface area contributed by atoms with Gasteiger partial charge in [0.25, 0.3) is 5.56 Å². The zero-order valence-electron chi connectivity index (χ0n) is 15.5. The number of aryl methyl sites for hydroxylation is 1. The Balaban J connectivity index is 1.91. The SMILES string of the molecule is CCCc1cccc(-c2ccc(=O)n(Cc3cccc(C(=O)OC)c3)n2)c1. The van der Waals surface area contributed by atoms with E-state index in [1.807, 2.05) is 18.2 Å². The third-order valence-electron chi connectivity index (χ3n) is 4.31. The summed E-state index contributed by atoms with van der Waals surface area (Å²) >= 11 is 0. The van der Waals surface area contributed by atoms with Crippen LogP contribution in [0.5, 0.6) is 0 Å². The summed E-state index contributed by atoms with van der Waals surface area (Å²) in [6.45, 7) is 2.43. The minimum atomic E-state index is -0.404. The lowest BCUT2D eigenvalue weighted by Gasteiger charge is -2.09. The van der Waals surface area contributed by atoms with Crippen LogP contribution < -0.4 is 5.56 Å². The first-order valence-electron chi connectivity index (χ1n) is 8.95. The normalized spacial score (nSPS) is 10.6. The lowest BCUT2D eigenvalue weighted by Crippen LogP contribution is -2.23. The maximum absolute atomic E-state index is 12.3. The van der Waals surface area contributed by atoms with E-state index in [2.05, 4.69) is 24.2 Å². The van der Waals surface area contributed by atoms with Crippen molar-refractivity contribution in [3.05, 3.63) is 87.7 Å². The Bertz CT molecular complexity index is 1010. The van der Waals surface area contributed by atoms with E-state index in [4.69, 9.17) is 4.74 Å². The van der Waals surface area contributed by atoms with Crippen molar-refractivity contribution in [2.24, 2.45) is 0 Å². The van der Waals surface area contributed by atoms with E-state index < -0.39 is 5.97 Å². The van der Waals surface area contributed by atoms with Gasteiger partial charge in [-0.05, 0) is 41.8 Å². The van der Waals surface area contributed by atoms with Crippen LogP contribution in [0, 0.1) is 0 Å². The Kier molecular flexibility index (Phi) is 5.81. The number of hydrogen-bond acceptors (Lipinski definition) is 4. The topological polar surface area (TPSA) is 61.2 Å². The highest BCUT2D eigenvalue weighted by molar-refractivity contribution is 5.89. The average molecular weight is 362 g/mol. The van der Waals surface area contributed by atoms with Gasteiger partial charge in [-0.3, -0.25) is 4.79 Å². The standard InChI is InChI=1S/C22H22N2O3/c1-3-6-16-7-4-9-18(13-16)20-11-12-21(25)24(23-20)15-17-8-5-10-19(14-17)22(26)27-2/h4-5,7-14H,3,6,15H2,1-2H3. The van der Waals surface area contributed by atoms with Gasteiger partial charge in [0.2, 0.25) is 0 Å². The molecule has 27 heavy (non-hydrogen) atoms. The molecule has 0 aliphatic carbocycles. The van der Waals surface area contributed by atoms with Crippen molar-refractivity contribution < 1.29 is 9.53 Å². The Morgan fingerprint density at radius 2 is 1.81 bits per heavy atom. The minimum absolute atomic E-state index is 0.188. The first-order chi connectivity index (χ1) is 13.1. The fourth-order valence-electron chi connectivity index (χ4n) is 2.98. The van der Waals surface area contributed by atoms with E-state index in [0.717, 1.165) is 29.7 Å². The molecule has 0 radical (unpaired) electrons. The van der Waals surface area contributed by atoms with Crippen LogP contribution in [0.3, 0.4) is 0 Å². The fourth-order valence-corrected chi connectivity index (χ4v) is 2.98. The molecule has 0 atom stereocenters. The molecule has 1 heterocycles. The van der Waals surface area contributed by atoms with Crippen LogP contribution in [0.1, 0.15) is 34.8 Å². The lowest BCUT2D eigenvalue weighted by molar-refractivity contribution is 0.0600. The monoisotopic (exact) mass is 362 g/mol. The fraction of sp³-hybridized carbons (Fsp3) is 0.227. The Morgan fingerprint density at radius 1 is 1.04 bits per heavy atom. The van der Waals surface area contributed by atoms with Gasteiger partial charge >= 0.3 is 5.97 Å². The summed E-state index contributed by atoms with van der Waals surface area (Å²) in [5.41, 5.74) is 4.05. The molecule has 0 aliphatic rings. The first-order valence-corrected chi connectivity index (χ1v) is 8.95. The third kappa shape index (κ3) is 4.50. The van der Waals surface area contributed by atoms with Gasteiger partial charge < -0.3 is 4.74 Å². The van der Waals surface area contributed by atoms with Crippen LogP contribution in [0.4, 0.5) is 0 Å². The molecule has 0 bridgehead atoms. The highest BCUT2D eigenvalue weighted by Crippen LogP contribution is 2.18. The van der Waals surface area contributed by atoms with Crippen LogP contribution in [-0.2, 0) is 17.7 Å². The van der Waals surface area contributed by atoms with E-state index in [-0.39, 0.29) is 12.1 Å². The van der Waals surface area contributed by atoms with Crippen LogP contribution in [0.2, 0.25) is 0 Å². The van der Waals surface area contributed by atoms with Crippen LogP contribution in [0.25, 0.3) is 11.3 Å². The summed E-state index contributed by atoms with van der Waals surface area (Å²) in [7, 11) is 1.34. The largest absolute Gasteiger partial charge is 0.465 e. The van der Waals surface area contributed by atoms with Crippen molar-refractivity contribution in [2.75, 3.05) is 7.11 Å². The number of aromatic nitrogens is 2. The number of rotatable bonds is 6. The molecule has 0 amide bonds. The molecule has 5 heteroatoms. The molecule has 0 fully saturated rings. The van der Waals surface area contributed by atoms with Crippen LogP contribution >= 0.6 is 0 Å². The molecule has 3 aromatic rings. The Hall–Kier alpha value is -3.21. The van der Waals surface area contributed by atoms with Crippen molar-refractivity contribution in [3.63, 3.8) is 0 Å². The molecule has 0 N–H and O–H groups in total. The number of nitrogens with zero attached hydrogens (tertiary/aromatic N) is 2. The predicted molar refractivity (Wildman–Crippen MR) is 105 cm³/mol. The molecule has 0 spiro atoms. The van der Waals surface area contributed by atoms with Gasteiger partial charge in [-0.25, -0.2) is 9.48 Å². The van der Waals surface area contributed by atoms with Crippen molar-refractivity contribution in [1.29, 1.82) is 0 Å². The van der Waals surface area contributed by atoms with Gasteiger partial charge in [-0.1, -0.05) is 43.7 Å². The summed E-state index contributed by atoms with van der Waals surface area (Å²) in [5.74, 6) is -0.404. The van der Waals surface area contributed by atoms with Gasteiger partial charge in [0.05, 0.1) is 24.9 Å². The number of hydrogen-bond donors (Lipinski definition) is 0. The van der Waals surface area contributed by atoms with E-state index in [0.29, 0.717) is 5.56 Å². The van der Waals surface area contributed by atoms with Gasteiger partial charge in [-0.15, -0.1) is 0 Å². The molecule has 2 aromatic carbocycles. The van der Waals surface area contributed by atoms with Crippen LogP contribution in [0.15, 0.2) is 65.5 Å². The second kappa shape index (κ2) is 8.45. The maximum atomic E-state index is 12.3. The quantitative estimate of drug-likeness (QED) is 0.627. The molecule has 1 aromatic heterocycles. The van der Waals surface area contributed by atoms with E-state index in [9.17, 15) is 9.59 Å². The van der Waals surface area contributed by atoms with E-state index in [1.165, 1.54) is 23.4 Å². The average Bonchev–Trinajstić information content (AvgIpc) is 2.70. The number of methoxy groups -OCH3 is 1. The smallest absolute Gasteiger partial charge is 0.337 e. The second-order valence-electron chi connectivity index (χ2n) is 6.36. The molecule has 0 saturated carbocycles. The molecular formula is C22H22N2O3.